The van der Waals surface area contributed by atoms with Gasteiger partial charge in [-0.3, -0.25) is 0 Å². The third kappa shape index (κ3) is 4.91. The van der Waals surface area contributed by atoms with Crippen molar-refractivity contribution in [2.75, 3.05) is 4.90 Å². The fourth-order valence-corrected chi connectivity index (χ4v) is 11.7. The van der Waals surface area contributed by atoms with Gasteiger partial charge in [0, 0.05) is 22.4 Å². The molecule has 298 valence electrons. The number of anilines is 3. The summed E-state index contributed by atoms with van der Waals surface area (Å²) in [6.45, 7) is 13.9. The molecular formula is C61H49N. The average molecular weight is 796 g/mol. The molecule has 0 amide bonds. The third-order valence-corrected chi connectivity index (χ3v) is 14.6. The summed E-state index contributed by atoms with van der Waals surface area (Å²) in [7, 11) is 0. The molecule has 1 spiro atoms. The van der Waals surface area contributed by atoms with Crippen molar-refractivity contribution in [3.05, 3.63) is 233 Å². The van der Waals surface area contributed by atoms with Crippen LogP contribution >= 0.6 is 0 Å². The van der Waals surface area contributed by atoms with E-state index in [4.69, 9.17) is 0 Å². The van der Waals surface area contributed by atoms with E-state index in [1.54, 1.807) is 0 Å². The highest BCUT2D eigenvalue weighted by Crippen LogP contribution is 2.63. The lowest BCUT2D eigenvalue weighted by Gasteiger charge is -2.32. The summed E-state index contributed by atoms with van der Waals surface area (Å²) >= 11 is 0. The first-order valence-electron chi connectivity index (χ1n) is 22.2. The molecule has 3 aliphatic carbocycles. The molecule has 0 bridgehead atoms. The summed E-state index contributed by atoms with van der Waals surface area (Å²) in [5.41, 5.74) is 24.2. The monoisotopic (exact) mass is 795 g/mol. The molecule has 1 nitrogen and oxygen atoms in total. The molecule has 3 aliphatic rings. The fourth-order valence-electron chi connectivity index (χ4n) is 11.7. The van der Waals surface area contributed by atoms with E-state index < -0.39 is 5.41 Å². The van der Waals surface area contributed by atoms with Crippen LogP contribution in [0.3, 0.4) is 0 Å². The number of hydrogen-bond donors (Lipinski definition) is 0. The molecule has 0 aliphatic heterocycles. The molecule has 9 aromatic carbocycles. The van der Waals surface area contributed by atoms with E-state index in [9.17, 15) is 0 Å². The van der Waals surface area contributed by atoms with E-state index >= 15 is 0 Å². The van der Waals surface area contributed by atoms with E-state index in [0.29, 0.717) is 0 Å². The standard InChI is InChI=1S/C61H49N/c1-38-17-15-18-39-29-36-55(58(56(38)39)47-23-16-28-54-57(47)46-22-10-11-24-49(46)60(54,5)6)62(41-32-30-40(31-33-41)59(2,3)4)42-34-35-53-48(37-42)45-21-9-14-27-52(45)61(53)50-25-12-7-19-43(50)44-20-8-13-26-51(44)61/h7-37H,1-6H3. The topological polar surface area (TPSA) is 3.24 Å². The summed E-state index contributed by atoms with van der Waals surface area (Å²) < 4.78 is 0. The van der Waals surface area contributed by atoms with Crippen LogP contribution in [-0.2, 0) is 16.2 Å². The maximum atomic E-state index is 2.55. The van der Waals surface area contributed by atoms with Gasteiger partial charge in [-0.25, -0.2) is 0 Å². The quantitative estimate of drug-likeness (QED) is 0.171. The molecule has 0 saturated heterocycles. The zero-order chi connectivity index (χ0) is 42.1. The molecular weight excluding hydrogens is 747 g/mol. The number of fused-ring (bicyclic) bond motifs is 14. The SMILES string of the molecule is Cc1cccc2ccc(N(c3ccc(C(C)(C)C)cc3)c3ccc4c(c3)-c3ccccc3C43c4ccccc4-c4ccccc43)c(-c3cccc4c3-c3ccccc3C4(C)C)c12. The number of aryl methyl sites for hydroxylation is 1. The van der Waals surface area contributed by atoms with E-state index in [1.165, 1.54) is 105 Å². The Bertz CT molecular complexity index is 3270. The van der Waals surface area contributed by atoms with Gasteiger partial charge in [0.1, 0.15) is 0 Å². The third-order valence-electron chi connectivity index (χ3n) is 14.6. The zero-order valence-corrected chi connectivity index (χ0v) is 36.3. The normalized spacial score (nSPS) is 14.5. The van der Waals surface area contributed by atoms with Crippen molar-refractivity contribution in [1.29, 1.82) is 0 Å². The van der Waals surface area contributed by atoms with Gasteiger partial charge in [-0.1, -0.05) is 192 Å². The first-order chi connectivity index (χ1) is 30.1. The second-order valence-electron chi connectivity index (χ2n) is 19.3. The van der Waals surface area contributed by atoms with Gasteiger partial charge in [-0.2, -0.15) is 0 Å². The Balaban J connectivity index is 1.16. The molecule has 12 rings (SSSR count). The Hall–Kier alpha value is -6.96. The molecule has 0 atom stereocenters. The molecule has 0 saturated carbocycles. The number of benzene rings is 9. The lowest BCUT2D eigenvalue weighted by atomic mass is 9.70. The Kier molecular flexibility index (Phi) is 7.74. The second kappa shape index (κ2) is 13.0. The molecule has 0 radical (unpaired) electrons. The Morgan fingerprint density at radius 2 is 0.919 bits per heavy atom. The summed E-state index contributed by atoms with van der Waals surface area (Å²) in [6.07, 6.45) is 0. The smallest absolute Gasteiger partial charge is 0.0725 e. The first kappa shape index (κ1) is 36.9. The second-order valence-corrected chi connectivity index (χ2v) is 19.3. The van der Waals surface area contributed by atoms with Crippen molar-refractivity contribution < 1.29 is 0 Å². The van der Waals surface area contributed by atoms with Crippen molar-refractivity contribution >= 4 is 27.8 Å². The lowest BCUT2D eigenvalue weighted by Crippen LogP contribution is -2.25. The maximum absolute atomic E-state index is 2.55. The van der Waals surface area contributed by atoms with E-state index in [1.807, 2.05) is 0 Å². The van der Waals surface area contributed by atoms with Crippen LogP contribution in [0.5, 0.6) is 0 Å². The number of nitrogens with zero attached hydrogens (tertiary/aromatic N) is 1. The largest absolute Gasteiger partial charge is 0.310 e. The van der Waals surface area contributed by atoms with Crippen LogP contribution in [0.2, 0.25) is 0 Å². The summed E-state index contributed by atoms with van der Waals surface area (Å²) in [6, 6.07) is 71.5. The van der Waals surface area contributed by atoms with Crippen molar-refractivity contribution in [3.8, 4) is 44.5 Å². The van der Waals surface area contributed by atoms with Gasteiger partial charge in [0.15, 0.2) is 0 Å². The number of hydrogen-bond acceptors (Lipinski definition) is 1. The van der Waals surface area contributed by atoms with E-state index in [0.717, 1.165) is 11.4 Å². The van der Waals surface area contributed by atoms with Gasteiger partial charge in [0.25, 0.3) is 0 Å². The van der Waals surface area contributed by atoms with Gasteiger partial charge in [0.05, 0.1) is 11.1 Å². The van der Waals surface area contributed by atoms with Crippen LogP contribution in [0.4, 0.5) is 17.1 Å². The highest BCUT2D eigenvalue weighted by molar-refractivity contribution is 6.11. The summed E-state index contributed by atoms with van der Waals surface area (Å²) in [5.74, 6) is 0. The van der Waals surface area contributed by atoms with Crippen LogP contribution in [0, 0.1) is 6.92 Å². The lowest BCUT2D eigenvalue weighted by molar-refractivity contribution is 0.590. The van der Waals surface area contributed by atoms with Crippen molar-refractivity contribution in [2.24, 2.45) is 0 Å². The van der Waals surface area contributed by atoms with Gasteiger partial charge >= 0.3 is 0 Å². The summed E-state index contributed by atoms with van der Waals surface area (Å²) in [4.78, 5) is 2.55. The Labute approximate surface area is 366 Å². The van der Waals surface area contributed by atoms with Crippen LogP contribution in [0.1, 0.15) is 79.1 Å². The average Bonchev–Trinajstić information content (AvgIpc) is 3.85. The summed E-state index contributed by atoms with van der Waals surface area (Å²) in [5, 5.41) is 2.54. The van der Waals surface area contributed by atoms with Crippen molar-refractivity contribution in [1.82, 2.24) is 0 Å². The minimum absolute atomic E-state index is 0.0266. The van der Waals surface area contributed by atoms with Crippen LogP contribution in [0.25, 0.3) is 55.3 Å². The predicted molar refractivity (Wildman–Crippen MR) is 261 cm³/mol. The van der Waals surface area contributed by atoms with Gasteiger partial charge in [-0.05, 0) is 137 Å². The first-order valence-corrected chi connectivity index (χ1v) is 22.2. The molecule has 9 aromatic rings. The van der Waals surface area contributed by atoms with Crippen molar-refractivity contribution in [3.63, 3.8) is 0 Å². The molecule has 0 aromatic heterocycles. The molecule has 0 heterocycles. The van der Waals surface area contributed by atoms with Crippen LogP contribution in [0.15, 0.2) is 188 Å². The molecule has 1 heteroatoms. The maximum Gasteiger partial charge on any atom is 0.0725 e. The molecule has 0 unspecified atom stereocenters. The van der Waals surface area contributed by atoms with E-state index in [2.05, 4.69) is 234 Å². The van der Waals surface area contributed by atoms with Crippen LogP contribution < -0.4 is 4.90 Å². The van der Waals surface area contributed by atoms with Crippen molar-refractivity contribution in [2.45, 2.75) is 57.8 Å². The van der Waals surface area contributed by atoms with E-state index in [-0.39, 0.29) is 10.8 Å². The Morgan fingerprint density at radius 3 is 1.56 bits per heavy atom. The molecule has 62 heavy (non-hydrogen) atoms. The fraction of sp³-hybridized carbons (Fsp3) is 0.148. The Morgan fingerprint density at radius 1 is 0.403 bits per heavy atom. The zero-order valence-electron chi connectivity index (χ0n) is 36.3. The molecule has 0 N–H and O–H groups in total. The minimum Gasteiger partial charge on any atom is -0.310 e. The van der Waals surface area contributed by atoms with Gasteiger partial charge in [0.2, 0.25) is 0 Å². The van der Waals surface area contributed by atoms with Gasteiger partial charge < -0.3 is 4.90 Å². The highest BCUT2D eigenvalue weighted by atomic mass is 15.1. The number of rotatable bonds is 4. The highest BCUT2D eigenvalue weighted by Gasteiger charge is 2.51. The minimum atomic E-state index is -0.396. The predicted octanol–water partition coefficient (Wildman–Crippen LogP) is 16.2. The van der Waals surface area contributed by atoms with Crippen LogP contribution in [-0.4, -0.2) is 0 Å². The van der Waals surface area contributed by atoms with Gasteiger partial charge in [-0.15, -0.1) is 0 Å². The molecule has 0 fully saturated rings.